The molecule has 0 aromatic carbocycles. The third-order valence-electron chi connectivity index (χ3n) is 1.94. The smallest absolute Gasteiger partial charge is 0.327 e. The van der Waals surface area contributed by atoms with E-state index in [9.17, 15) is 4.79 Å². The van der Waals surface area contributed by atoms with Crippen molar-refractivity contribution in [3.8, 4) is 0 Å². The van der Waals surface area contributed by atoms with Crippen LogP contribution < -0.4 is 5.32 Å². The fourth-order valence-corrected chi connectivity index (χ4v) is 1.09. The van der Waals surface area contributed by atoms with E-state index in [2.05, 4.69) is 20.5 Å². The average molecular weight is 206 g/mol. The molecule has 7 nitrogen and oxygen atoms in total. The minimum absolute atomic E-state index is 0.240. The monoisotopic (exact) mass is 206 g/mol. The van der Waals surface area contributed by atoms with Gasteiger partial charge < -0.3 is 9.88 Å². The Bertz CT molecular complexity index is 445. The molecular formula is C8H10N6O. The van der Waals surface area contributed by atoms with Crippen LogP contribution in [0.25, 0.3) is 0 Å². The van der Waals surface area contributed by atoms with Crippen LogP contribution in [0.3, 0.4) is 0 Å². The molecule has 15 heavy (non-hydrogen) atoms. The first-order valence-electron chi connectivity index (χ1n) is 4.36. The summed E-state index contributed by atoms with van der Waals surface area (Å²) in [6, 6.07) is -0.240. The molecule has 0 atom stereocenters. The molecule has 7 heteroatoms. The predicted octanol–water partition coefficient (Wildman–Crippen LogP) is -0.231. The topological polar surface area (TPSA) is 77.6 Å². The summed E-state index contributed by atoms with van der Waals surface area (Å²) in [6.07, 6.45) is 6.14. The van der Waals surface area contributed by atoms with Crippen LogP contribution >= 0.6 is 0 Å². The number of nitrogens with zero attached hydrogens (tertiary/aromatic N) is 5. The van der Waals surface area contributed by atoms with Crippen molar-refractivity contribution in [2.75, 3.05) is 0 Å². The van der Waals surface area contributed by atoms with Crippen LogP contribution in [-0.4, -0.2) is 30.3 Å². The lowest BCUT2D eigenvalue weighted by molar-refractivity contribution is 0.241. The van der Waals surface area contributed by atoms with Gasteiger partial charge in [0.1, 0.15) is 12.7 Å². The lowest BCUT2D eigenvalue weighted by atomic mass is 10.6. The molecule has 2 aromatic rings. The van der Waals surface area contributed by atoms with Gasteiger partial charge in [-0.1, -0.05) is 0 Å². The Morgan fingerprint density at radius 2 is 2.40 bits per heavy atom. The lowest BCUT2D eigenvalue weighted by Crippen LogP contribution is -2.28. The van der Waals surface area contributed by atoms with E-state index in [-0.39, 0.29) is 6.03 Å². The molecule has 0 spiro atoms. The molecular weight excluding hydrogens is 196 g/mol. The number of carbonyl (C=O) groups is 1. The zero-order chi connectivity index (χ0) is 10.7. The molecule has 0 aliphatic carbocycles. The maximum absolute atomic E-state index is 11.5. The molecule has 0 bridgehead atoms. The molecule has 0 saturated carbocycles. The number of aryl methyl sites for hydroxylation is 1. The van der Waals surface area contributed by atoms with Gasteiger partial charge in [0.25, 0.3) is 0 Å². The summed E-state index contributed by atoms with van der Waals surface area (Å²) in [5.41, 5.74) is 0. The molecule has 78 valence electrons. The minimum Gasteiger partial charge on any atom is -0.330 e. The van der Waals surface area contributed by atoms with Gasteiger partial charge in [-0.05, 0) is 0 Å². The quantitative estimate of drug-likeness (QED) is 0.736. The highest BCUT2D eigenvalue weighted by atomic mass is 16.2. The molecule has 2 aromatic heterocycles. The second-order valence-corrected chi connectivity index (χ2v) is 2.99. The number of nitrogens with one attached hydrogen (secondary N) is 1. The Balaban J connectivity index is 1.95. The van der Waals surface area contributed by atoms with Gasteiger partial charge in [0, 0.05) is 19.4 Å². The summed E-state index contributed by atoms with van der Waals surface area (Å²) < 4.78 is 3.10. The van der Waals surface area contributed by atoms with Gasteiger partial charge >= 0.3 is 6.03 Å². The van der Waals surface area contributed by atoms with Crippen molar-refractivity contribution in [3.05, 3.63) is 30.9 Å². The SMILES string of the molecule is Cn1cnnc1CNC(=O)n1ccnc1. The van der Waals surface area contributed by atoms with Crippen LogP contribution in [0.5, 0.6) is 0 Å². The van der Waals surface area contributed by atoms with Gasteiger partial charge in [0.15, 0.2) is 5.82 Å². The second kappa shape index (κ2) is 3.91. The van der Waals surface area contributed by atoms with Gasteiger partial charge in [-0.15, -0.1) is 10.2 Å². The van der Waals surface area contributed by atoms with Crippen LogP contribution in [0.1, 0.15) is 5.82 Å². The maximum atomic E-state index is 11.5. The average Bonchev–Trinajstić information content (AvgIpc) is 2.85. The predicted molar refractivity (Wildman–Crippen MR) is 50.9 cm³/mol. The maximum Gasteiger partial charge on any atom is 0.327 e. The molecule has 0 unspecified atom stereocenters. The van der Waals surface area contributed by atoms with Crippen LogP contribution in [-0.2, 0) is 13.6 Å². The summed E-state index contributed by atoms with van der Waals surface area (Å²) in [7, 11) is 1.82. The van der Waals surface area contributed by atoms with Crippen molar-refractivity contribution >= 4 is 6.03 Å². The highest BCUT2D eigenvalue weighted by Crippen LogP contribution is 1.91. The Labute approximate surface area is 85.8 Å². The number of aromatic nitrogens is 5. The van der Waals surface area contributed by atoms with E-state index in [0.29, 0.717) is 12.4 Å². The zero-order valence-corrected chi connectivity index (χ0v) is 8.16. The molecule has 1 amide bonds. The van der Waals surface area contributed by atoms with E-state index in [1.807, 2.05) is 7.05 Å². The molecule has 0 aliphatic heterocycles. The zero-order valence-electron chi connectivity index (χ0n) is 8.16. The van der Waals surface area contributed by atoms with Gasteiger partial charge in [0.2, 0.25) is 0 Å². The number of imidazole rings is 1. The molecule has 0 radical (unpaired) electrons. The number of rotatable bonds is 2. The van der Waals surface area contributed by atoms with Crippen LogP contribution in [0, 0.1) is 0 Å². The first kappa shape index (κ1) is 9.38. The molecule has 2 rings (SSSR count). The molecule has 2 heterocycles. The fourth-order valence-electron chi connectivity index (χ4n) is 1.09. The van der Waals surface area contributed by atoms with E-state index in [0.717, 1.165) is 0 Å². The Morgan fingerprint density at radius 3 is 3.00 bits per heavy atom. The van der Waals surface area contributed by atoms with Crippen molar-refractivity contribution < 1.29 is 4.79 Å². The molecule has 0 fully saturated rings. The standard InChI is InChI=1S/C8H10N6O/c1-13-6-11-12-7(13)4-10-8(15)14-3-2-9-5-14/h2-3,5-6H,4H2,1H3,(H,10,15). The Morgan fingerprint density at radius 1 is 1.53 bits per heavy atom. The number of hydrogen-bond acceptors (Lipinski definition) is 4. The number of hydrogen-bond donors (Lipinski definition) is 1. The van der Waals surface area contributed by atoms with E-state index in [4.69, 9.17) is 0 Å². The minimum atomic E-state index is -0.240. The summed E-state index contributed by atoms with van der Waals surface area (Å²) >= 11 is 0. The molecule has 0 aliphatic rings. The Hall–Kier alpha value is -2.18. The van der Waals surface area contributed by atoms with E-state index < -0.39 is 0 Å². The van der Waals surface area contributed by atoms with Crippen molar-refractivity contribution in [2.24, 2.45) is 7.05 Å². The van der Waals surface area contributed by atoms with Crippen molar-refractivity contribution in [1.29, 1.82) is 0 Å². The summed E-state index contributed by atoms with van der Waals surface area (Å²) in [5.74, 6) is 0.698. The largest absolute Gasteiger partial charge is 0.330 e. The van der Waals surface area contributed by atoms with Gasteiger partial charge in [-0.2, -0.15) is 0 Å². The third-order valence-corrected chi connectivity index (χ3v) is 1.94. The van der Waals surface area contributed by atoms with Crippen molar-refractivity contribution in [3.63, 3.8) is 0 Å². The normalized spacial score (nSPS) is 10.2. The highest BCUT2D eigenvalue weighted by molar-refractivity contribution is 5.76. The van der Waals surface area contributed by atoms with Gasteiger partial charge in [-0.3, -0.25) is 4.57 Å². The number of amides is 1. The number of carbonyl (C=O) groups excluding carboxylic acids is 1. The first-order chi connectivity index (χ1) is 7.27. The molecule has 1 N–H and O–H groups in total. The summed E-state index contributed by atoms with van der Waals surface area (Å²) in [6.45, 7) is 0.341. The van der Waals surface area contributed by atoms with E-state index >= 15 is 0 Å². The third kappa shape index (κ3) is 2.01. The summed E-state index contributed by atoms with van der Waals surface area (Å²) in [5, 5.41) is 10.2. The van der Waals surface area contributed by atoms with Gasteiger partial charge in [0.05, 0.1) is 6.54 Å². The first-order valence-corrected chi connectivity index (χ1v) is 4.36. The van der Waals surface area contributed by atoms with E-state index in [1.165, 1.54) is 10.9 Å². The van der Waals surface area contributed by atoms with Crippen LogP contribution in [0.15, 0.2) is 25.0 Å². The second-order valence-electron chi connectivity index (χ2n) is 2.99. The summed E-state index contributed by atoms with van der Waals surface area (Å²) in [4.78, 5) is 15.2. The lowest BCUT2D eigenvalue weighted by Gasteiger charge is -2.03. The fraction of sp³-hybridized carbons (Fsp3) is 0.250. The highest BCUT2D eigenvalue weighted by Gasteiger charge is 2.05. The molecule has 0 saturated heterocycles. The van der Waals surface area contributed by atoms with Crippen molar-refractivity contribution in [1.82, 2.24) is 29.6 Å². The van der Waals surface area contributed by atoms with Gasteiger partial charge in [-0.25, -0.2) is 9.78 Å². The Kier molecular flexibility index (Phi) is 2.44. The van der Waals surface area contributed by atoms with E-state index in [1.54, 1.807) is 23.3 Å². The van der Waals surface area contributed by atoms with Crippen molar-refractivity contribution in [2.45, 2.75) is 6.54 Å². The van der Waals surface area contributed by atoms with Crippen LogP contribution in [0.4, 0.5) is 4.79 Å². The van der Waals surface area contributed by atoms with Crippen LogP contribution in [0.2, 0.25) is 0 Å².